The van der Waals surface area contributed by atoms with Crippen LogP contribution in [0.4, 0.5) is 10.5 Å². The molecule has 0 radical (unpaired) electrons. The van der Waals surface area contributed by atoms with Gasteiger partial charge in [0.15, 0.2) is 0 Å². The van der Waals surface area contributed by atoms with Crippen LogP contribution >= 0.6 is 11.6 Å². The van der Waals surface area contributed by atoms with E-state index in [1.165, 1.54) is 18.2 Å². The number of carboxylic acids is 1. The summed E-state index contributed by atoms with van der Waals surface area (Å²) in [5.41, 5.74) is 0.441. The zero-order chi connectivity index (χ0) is 15.4. The summed E-state index contributed by atoms with van der Waals surface area (Å²) in [4.78, 5) is 22.7. The molecule has 21 heavy (non-hydrogen) atoms. The molecule has 1 aliphatic rings. The lowest BCUT2D eigenvalue weighted by atomic mass is 10.0. The molecule has 1 saturated heterocycles. The average Bonchev–Trinajstić information content (AvgIpc) is 2.94. The molecule has 2 unspecified atom stereocenters. The highest BCUT2D eigenvalue weighted by Gasteiger charge is 2.23. The van der Waals surface area contributed by atoms with E-state index < -0.39 is 5.97 Å². The topological polar surface area (TPSA) is 87.7 Å². The van der Waals surface area contributed by atoms with Crippen LogP contribution in [0.15, 0.2) is 18.2 Å². The lowest BCUT2D eigenvalue weighted by Gasteiger charge is -2.19. The molecule has 7 heteroatoms. The van der Waals surface area contributed by atoms with E-state index in [0.29, 0.717) is 18.2 Å². The highest BCUT2D eigenvalue weighted by atomic mass is 35.5. The number of urea groups is 1. The van der Waals surface area contributed by atoms with Crippen molar-refractivity contribution in [2.24, 2.45) is 5.92 Å². The van der Waals surface area contributed by atoms with E-state index in [1.807, 2.05) is 6.92 Å². The Morgan fingerprint density at radius 1 is 1.48 bits per heavy atom. The van der Waals surface area contributed by atoms with E-state index in [-0.39, 0.29) is 22.7 Å². The van der Waals surface area contributed by atoms with Gasteiger partial charge in [0.2, 0.25) is 0 Å². The Morgan fingerprint density at radius 2 is 2.24 bits per heavy atom. The van der Waals surface area contributed by atoms with E-state index in [1.54, 1.807) is 0 Å². The van der Waals surface area contributed by atoms with Crippen molar-refractivity contribution in [1.82, 2.24) is 5.32 Å². The molecule has 0 bridgehead atoms. The number of aromatic carboxylic acids is 1. The summed E-state index contributed by atoms with van der Waals surface area (Å²) < 4.78 is 5.28. The molecule has 1 aliphatic heterocycles. The van der Waals surface area contributed by atoms with Crippen LogP contribution in [0, 0.1) is 5.92 Å². The first-order chi connectivity index (χ1) is 9.97. The average molecular weight is 313 g/mol. The third-order valence-corrected chi connectivity index (χ3v) is 3.81. The molecule has 0 aromatic heterocycles. The lowest BCUT2D eigenvalue weighted by molar-refractivity contribution is 0.0697. The van der Waals surface area contributed by atoms with Crippen LogP contribution in [0.2, 0.25) is 5.02 Å². The SMILES string of the molecule is CC(NC(=O)Nc1ccc(C(=O)O)cc1Cl)C1CCOC1. The molecule has 1 aromatic rings. The Labute approximate surface area is 127 Å². The number of anilines is 1. The fourth-order valence-electron chi connectivity index (χ4n) is 2.18. The van der Waals surface area contributed by atoms with Crippen molar-refractivity contribution in [3.05, 3.63) is 28.8 Å². The number of carboxylic acid groups (broad SMARTS) is 1. The monoisotopic (exact) mass is 312 g/mol. The van der Waals surface area contributed by atoms with Gasteiger partial charge in [-0.15, -0.1) is 0 Å². The maximum atomic E-state index is 11.9. The summed E-state index contributed by atoms with van der Waals surface area (Å²) in [5, 5.41) is 14.5. The maximum absolute atomic E-state index is 11.9. The van der Waals surface area contributed by atoms with Gasteiger partial charge in [0.25, 0.3) is 0 Å². The number of amides is 2. The molecule has 114 valence electrons. The zero-order valence-corrected chi connectivity index (χ0v) is 12.3. The van der Waals surface area contributed by atoms with Crippen LogP contribution in [-0.4, -0.2) is 36.4 Å². The Hall–Kier alpha value is -1.79. The summed E-state index contributed by atoms with van der Waals surface area (Å²) in [5.74, 6) is -0.761. The van der Waals surface area contributed by atoms with Crippen molar-refractivity contribution in [2.45, 2.75) is 19.4 Å². The number of carbonyl (C=O) groups excluding carboxylic acids is 1. The quantitative estimate of drug-likeness (QED) is 0.797. The van der Waals surface area contributed by atoms with Crippen molar-refractivity contribution in [3.63, 3.8) is 0 Å². The van der Waals surface area contributed by atoms with E-state index in [2.05, 4.69) is 10.6 Å². The van der Waals surface area contributed by atoms with Crippen LogP contribution in [0.5, 0.6) is 0 Å². The maximum Gasteiger partial charge on any atom is 0.335 e. The number of hydrogen-bond donors (Lipinski definition) is 3. The third-order valence-electron chi connectivity index (χ3n) is 3.50. The number of benzene rings is 1. The number of halogens is 1. The molecule has 1 fully saturated rings. The van der Waals surface area contributed by atoms with E-state index in [9.17, 15) is 9.59 Å². The van der Waals surface area contributed by atoms with Crippen molar-refractivity contribution >= 4 is 29.3 Å². The van der Waals surface area contributed by atoms with Gasteiger partial charge in [0.1, 0.15) is 0 Å². The van der Waals surface area contributed by atoms with Crippen LogP contribution in [-0.2, 0) is 4.74 Å². The fourth-order valence-corrected chi connectivity index (χ4v) is 2.41. The molecule has 0 spiro atoms. The fraction of sp³-hybridized carbons (Fsp3) is 0.429. The van der Waals surface area contributed by atoms with E-state index in [4.69, 9.17) is 21.4 Å². The van der Waals surface area contributed by atoms with Gasteiger partial charge in [-0.3, -0.25) is 0 Å². The van der Waals surface area contributed by atoms with Crippen LogP contribution < -0.4 is 10.6 Å². The second-order valence-electron chi connectivity index (χ2n) is 5.01. The normalized spacial score (nSPS) is 19.0. The summed E-state index contributed by atoms with van der Waals surface area (Å²) >= 11 is 5.96. The van der Waals surface area contributed by atoms with Gasteiger partial charge in [-0.1, -0.05) is 11.6 Å². The minimum absolute atomic E-state index is 0.00966. The molecule has 0 saturated carbocycles. The molecular formula is C14H17ClN2O4. The lowest BCUT2D eigenvalue weighted by Crippen LogP contribution is -2.40. The third kappa shape index (κ3) is 4.09. The summed E-state index contributed by atoms with van der Waals surface area (Å²) in [6, 6.07) is 3.77. The van der Waals surface area contributed by atoms with Crippen molar-refractivity contribution in [3.8, 4) is 0 Å². The van der Waals surface area contributed by atoms with Gasteiger partial charge in [-0.25, -0.2) is 9.59 Å². The predicted octanol–water partition coefficient (Wildman–Crippen LogP) is 2.58. The number of rotatable bonds is 4. The summed E-state index contributed by atoms with van der Waals surface area (Å²) in [6.45, 7) is 3.30. The van der Waals surface area contributed by atoms with Gasteiger partial charge in [0, 0.05) is 18.6 Å². The highest BCUT2D eigenvalue weighted by molar-refractivity contribution is 6.34. The highest BCUT2D eigenvalue weighted by Crippen LogP contribution is 2.23. The number of nitrogens with one attached hydrogen (secondary N) is 2. The predicted molar refractivity (Wildman–Crippen MR) is 79.0 cm³/mol. The standard InChI is InChI=1S/C14H17ClN2O4/c1-8(10-4-5-21-7-10)16-14(20)17-12-3-2-9(13(18)19)6-11(12)15/h2-3,6,8,10H,4-5,7H2,1H3,(H,18,19)(H2,16,17,20). The van der Waals surface area contributed by atoms with E-state index >= 15 is 0 Å². The van der Waals surface area contributed by atoms with Gasteiger partial charge >= 0.3 is 12.0 Å². The first-order valence-corrected chi connectivity index (χ1v) is 7.03. The molecule has 1 heterocycles. The van der Waals surface area contributed by atoms with Gasteiger partial charge in [0.05, 0.1) is 22.9 Å². The first kappa shape index (κ1) is 15.6. The van der Waals surface area contributed by atoms with Crippen LogP contribution in [0.3, 0.4) is 0 Å². The van der Waals surface area contributed by atoms with Gasteiger partial charge in [-0.05, 0) is 31.5 Å². The van der Waals surface area contributed by atoms with Crippen LogP contribution in [0.1, 0.15) is 23.7 Å². The Kier molecular flexibility index (Phi) is 5.03. The minimum Gasteiger partial charge on any atom is -0.478 e. The van der Waals surface area contributed by atoms with Gasteiger partial charge < -0.3 is 20.5 Å². The van der Waals surface area contributed by atoms with Crippen molar-refractivity contribution < 1.29 is 19.4 Å². The molecule has 6 nitrogen and oxygen atoms in total. The molecule has 2 atom stereocenters. The molecule has 2 amide bonds. The number of carbonyl (C=O) groups is 2. The molecule has 0 aliphatic carbocycles. The largest absolute Gasteiger partial charge is 0.478 e. The van der Waals surface area contributed by atoms with Gasteiger partial charge in [-0.2, -0.15) is 0 Å². The second-order valence-corrected chi connectivity index (χ2v) is 5.42. The Bertz CT molecular complexity index is 544. The summed E-state index contributed by atoms with van der Waals surface area (Å²) in [7, 11) is 0. The zero-order valence-electron chi connectivity index (χ0n) is 11.6. The first-order valence-electron chi connectivity index (χ1n) is 6.65. The number of ether oxygens (including phenoxy) is 1. The molecule has 2 rings (SSSR count). The second kappa shape index (κ2) is 6.78. The Balaban J connectivity index is 1.94. The molecule has 3 N–H and O–H groups in total. The van der Waals surface area contributed by atoms with Crippen molar-refractivity contribution in [1.29, 1.82) is 0 Å². The smallest absolute Gasteiger partial charge is 0.335 e. The van der Waals surface area contributed by atoms with Crippen molar-refractivity contribution in [2.75, 3.05) is 18.5 Å². The molecular weight excluding hydrogens is 296 g/mol. The molecule has 1 aromatic carbocycles. The van der Waals surface area contributed by atoms with Crippen LogP contribution in [0.25, 0.3) is 0 Å². The Morgan fingerprint density at radius 3 is 2.81 bits per heavy atom. The summed E-state index contributed by atoms with van der Waals surface area (Å²) in [6.07, 6.45) is 0.926. The van der Waals surface area contributed by atoms with E-state index in [0.717, 1.165) is 13.0 Å². The minimum atomic E-state index is -1.07. The number of hydrogen-bond acceptors (Lipinski definition) is 3.